The van der Waals surface area contributed by atoms with E-state index in [4.69, 9.17) is 4.98 Å². The number of carbonyl (C=O) groups is 1. The number of nitrogens with one attached hydrogen (secondary N) is 1. The van der Waals surface area contributed by atoms with Gasteiger partial charge in [0.2, 0.25) is 5.91 Å². The fourth-order valence-electron chi connectivity index (χ4n) is 3.55. The van der Waals surface area contributed by atoms with Crippen LogP contribution in [-0.4, -0.2) is 29.4 Å². The summed E-state index contributed by atoms with van der Waals surface area (Å²) >= 11 is 1.65. The van der Waals surface area contributed by atoms with Crippen molar-refractivity contribution in [3.8, 4) is 0 Å². The quantitative estimate of drug-likeness (QED) is 0.474. The van der Waals surface area contributed by atoms with Crippen LogP contribution >= 0.6 is 11.3 Å². The molecule has 0 aliphatic rings. The van der Waals surface area contributed by atoms with E-state index in [2.05, 4.69) is 54.7 Å². The van der Waals surface area contributed by atoms with Crippen molar-refractivity contribution >= 4 is 38.2 Å². The van der Waals surface area contributed by atoms with Crippen molar-refractivity contribution in [1.29, 1.82) is 0 Å². The Kier molecular flexibility index (Phi) is 5.60. The van der Waals surface area contributed by atoms with Gasteiger partial charge in [0.15, 0.2) is 0 Å². The number of aromatic nitrogens is 1. The Morgan fingerprint density at radius 1 is 1.03 bits per heavy atom. The van der Waals surface area contributed by atoms with E-state index in [1.807, 2.05) is 38.2 Å². The normalized spacial score (nSPS) is 13.5. The number of likely N-dealkylation sites (N-methyl/N-ethyl adjacent to an activating group) is 1. The number of rotatable bonds is 6. The highest BCUT2D eigenvalue weighted by atomic mass is 32.1. The molecule has 0 saturated carbocycles. The lowest BCUT2D eigenvalue weighted by Crippen LogP contribution is -2.37. The van der Waals surface area contributed by atoms with Crippen LogP contribution in [0.25, 0.3) is 21.0 Å². The van der Waals surface area contributed by atoms with E-state index in [9.17, 15) is 4.79 Å². The van der Waals surface area contributed by atoms with Crippen LogP contribution in [0.5, 0.6) is 0 Å². The molecule has 4 aromatic rings. The predicted molar refractivity (Wildman–Crippen MR) is 121 cm³/mol. The zero-order chi connectivity index (χ0) is 20.4. The van der Waals surface area contributed by atoms with Crippen molar-refractivity contribution in [2.24, 2.45) is 0 Å². The minimum Gasteiger partial charge on any atom is -0.335 e. The highest BCUT2D eigenvalue weighted by molar-refractivity contribution is 7.18. The summed E-state index contributed by atoms with van der Waals surface area (Å²) in [4.78, 5) is 19.3. The summed E-state index contributed by atoms with van der Waals surface area (Å²) in [7, 11) is 1.85. The van der Waals surface area contributed by atoms with Crippen molar-refractivity contribution in [2.75, 3.05) is 13.6 Å². The molecule has 4 nitrogen and oxygen atoms in total. The molecule has 0 aliphatic heterocycles. The molecular weight excluding hydrogens is 378 g/mol. The van der Waals surface area contributed by atoms with Gasteiger partial charge in [0.05, 0.1) is 22.8 Å². The Balaban J connectivity index is 1.43. The lowest BCUT2D eigenvalue weighted by Gasteiger charge is -2.25. The fraction of sp³-hybridized carbons (Fsp3) is 0.250. The standard InChI is InChI=1S/C24H25N3OS/c1-16(19-12-8-10-18-9-4-5-11-20(18)19)25-15-23(28)27(3)17(2)24-26-21-13-6-7-14-22(21)29-24/h4-14,16-17,25H,15H2,1-3H3/t16-,17-/m0/s1. The number of thiazole rings is 1. The van der Waals surface area contributed by atoms with E-state index in [0.717, 1.165) is 15.2 Å². The number of hydrogen-bond donors (Lipinski definition) is 1. The maximum absolute atomic E-state index is 12.8. The molecule has 0 spiro atoms. The van der Waals surface area contributed by atoms with E-state index < -0.39 is 0 Å². The zero-order valence-corrected chi connectivity index (χ0v) is 17.7. The molecular formula is C24H25N3OS. The van der Waals surface area contributed by atoms with Gasteiger partial charge in [0.1, 0.15) is 5.01 Å². The third kappa shape index (κ3) is 4.02. The molecule has 1 aromatic heterocycles. The van der Waals surface area contributed by atoms with Crippen LogP contribution in [0.1, 0.15) is 36.5 Å². The number of hydrogen-bond acceptors (Lipinski definition) is 4. The largest absolute Gasteiger partial charge is 0.335 e. The smallest absolute Gasteiger partial charge is 0.236 e. The molecule has 29 heavy (non-hydrogen) atoms. The van der Waals surface area contributed by atoms with Gasteiger partial charge >= 0.3 is 0 Å². The average Bonchev–Trinajstić information content (AvgIpc) is 3.20. The second kappa shape index (κ2) is 8.31. The van der Waals surface area contributed by atoms with Crippen LogP contribution in [-0.2, 0) is 4.79 Å². The molecule has 3 aromatic carbocycles. The minimum absolute atomic E-state index is 0.0591. The summed E-state index contributed by atoms with van der Waals surface area (Å²) in [5, 5.41) is 6.79. The van der Waals surface area contributed by atoms with Crippen molar-refractivity contribution in [3.63, 3.8) is 0 Å². The van der Waals surface area contributed by atoms with E-state index in [-0.39, 0.29) is 24.5 Å². The molecule has 0 unspecified atom stereocenters. The molecule has 1 amide bonds. The second-order valence-corrected chi connectivity index (χ2v) is 8.43. The van der Waals surface area contributed by atoms with Gasteiger partial charge in [-0.25, -0.2) is 4.98 Å². The van der Waals surface area contributed by atoms with Gasteiger partial charge in [-0.2, -0.15) is 0 Å². The first-order valence-corrected chi connectivity index (χ1v) is 10.7. The fourth-order valence-corrected chi connectivity index (χ4v) is 4.62. The Hall–Kier alpha value is -2.76. The van der Waals surface area contributed by atoms with Gasteiger partial charge in [-0.1, -0.05) is 54.6 Å². The van der Waals surface area contributed by atoms with Crippen LogP contribution < -0.4 is 5.32 Å². The third-order valence-electron chi connectivity index (χ3n) is 5.49. The molecule has 0 fully saturated rings. The average molecular weight is 404 g/mol. The Bertz CT molecular complexity index is 1110. The Morgan fingerprint density at radius 3 is 2.59 bits per heavy atom. The number of amides is 1. The highest BCUT2D eigenvalue weighted by Gasteiger charge is 2.21. The topological polar surface area (TPSA) is 45.2 Å². The maximum atomic E-state index is 12.8. The molecule has 0 aliphatic carbocycles. The number of benzene rings is 3. The second-order valence-electron chi connectivity index (χ2n) is 7.37. The molecule has 0 saturated heterocycles. The first-order valence-electron chi connectivity index (χ1n) is 9.87. The Morgan fingerprint density at radius 2 is 1.76 bits per heavy atom. The van der Waals surface area contributed by atoms with Gasteiger partial charge < -0.3 is 10.2 Å². The van der Waals surface area contributed by atoms with Crippen LogP contribution in [0, 0.1) is 0 Å². The zero-order valence-electron chi connectivity index (χ0n) is 16.9. The lowest BCUT2D eigenvalue weighted by molar-refractivity contribution is -0.131. The third-order valence-corrected chi connectivity index (χ3v) is 6.70. The predicted octanol–water partition coefficient (Wildman–Crippen LogP) is 5.32. The summed E-state index contributed by atoms with van der Waals surface area (Å²) in [6.45, 7) is 4.42. The SMILES string of the molecule is C[C@H](NCC(=O)N(C)[C@@H](C)c1nc2ccccc2s1)c1cccc2ccccc12. The number of carbonyl (C=O) groups excluding carboxylic acids is 1. The van der Waals surface area contributed by atoms with Crippen LogP contribution in [0.4, 0.5) is 0 Å². The van der Waals surface area contributed by atoms with Crippen molar-refractivity contribution in [2.45, 2.75) is 25.9 Å². The number of nitrogens with zero attached hydrogens (tertiary/aromatic N) is 2. The molecule has 0 bridgehead atoms. The summed E-state index contributed by atoms with van der Waals surface area (Å²) in [5.41, 5.74) is 2.20. The van der Waals surface area contributed by atoms with Gasteiger partial charge in [0.25, 0.3) is 0 Å². The summed E-state index contributed by atoms with van der Waals surface area (Å²) in [6.07, 6.45) is 0. The van der Waals surface area contributed by atoms with E-state index >= 15 is 0 Å². The molecule has 5 heteroatoms. The molecule has 148 valence electrons. The van der Waals surface area contributed by atoms with Crippen LogP contribution in [0.2, 0.25) is 0 Å². The minimum atomic E-state index is -0.0606. The molecule has 4 rings (SSSR count). The maximum Gasteiger partial charge on any atom is 0.236 e. The lowest BCUT2D eigenvalue weighted by atomic mass is 10.00. The number of fused-ring (bicyclic) bond motifs is 2. The summed E-state index contributed by atoms with van der Waals surface area (Å²) < 4.78 is 1.15. The molecule has 1 heterocycles. The number of para-hydroxylation sites is 1. The van der Waals surface area contributed by atoms with Gasteiger partial charge in [-0.05, 0) is 42.3 Å². The van der Waals surface area contributed by atoms with Crippen molar-refractivity contribution in [3.05, 3.63) is 77.3 Å². The van der Waals surface area contributed by atoms with Gasteiger partial charge in [-0.15, -0.1) is 11.3 Å². The Labute approximate surface area is 175 Å². The van der Waals surface area contributed by atoms with Gasteiger partial charge in [0, 0.05) is 13.1 Å². The van der Waals surface area contributed by atoms with E-state index in [1.165, 1.54) is 16.3 Å². The van der Waals surface area contributed by atoms with E-state index in [1.54, 1.807) is 16.2 Å². The molecule has 0 radical (unpaired) electrons. The first-order chi connectivity index (χ1) is 14.0. The van der Waals surface area contributed by atoms with Crippen LogP contribution in [0.15, 0.2) is 66.7 Å². The molecule has 2 atom stereocenters. The summed E-state index contributed by atoms with van der Waals surface area (Å²) in [6, 6.07) is 22.8. The van der Waals surface area contributed by atoms with Gasteiger partial charge in [-0.3, -0.25) is 4.79 Å². The molecule has 1 N–H and O–H groups in total. The van der Waals surface area contributed by atoms with E-state index in [0.29, 0.717) is 0 Å². The highest BCUT2D eigenvalue weighted by Crippen LogP contribution is 2.29. The van der Waals surface area contributed by atoms with Crippen molar-refractivity contribution < 1.29 is 4.79 Å². The van der Waals surface area contributed by atoms with Crippen molar-refractivity contribution in [1.82, 2.24) is 15.2 Å². The van der Waals surface area contributed by atoms with Crippen LogP contribution in [0.3, 0.4) is 0 Å². The first kappa shape index (κ1) is 19.6. The monoisotopic (exact) mass is 403 g/mol. The summed E-state index contributed by atoms with van der Waals surface area (Å²) in [5.74, 6) is 0.0591.